The lowest BCUT2D eigenvalue weighted by molar-refractivity contribution is -0.132. The number of fused-ring (bicyclic) bond motifs is 1. The van der Waals surface area contributed by atoms with Crippen LogP contribution in [0.4, 0.5) is 5.13 Å². The highest BCUT2D eigenvalue weighted by molar-refractivity contribution is 7.17. The van der Waals surface area contributed by atoms with Crippen molar-refractivity contribution in [1.29, 1.82) is 0 Å². The van der Waals surface area contributed by atoms with E-state index < -0.39 is 29.5 Å². The van der Waals surface area contributed by atoms with E-state index in [0.717, 1.165) is 16.9 Å². The minimum atomic E-state index is -1.11. The predicted molar refractivity (Wildman–Crippen MR) is 147 cm³/mol. The Morgan fingerprint density at radius 1 is 1.02 bits per heavy atom. The fourth-order valence-corrected chi connectivity index (χ4v) is 5.82. The van der Waals surface area contributed by atoms with Crippen molar-refractivity contribution in [3.8, 4) is 11.5 Å². The van der Waals surface area contributed by atoms with Gasteiger partial charge in [0.25, 0.3) is 5.78 Å². The van der Waals surface area contributed by atoms with Gasteiger partial charge in [0.05, 0.1) is 44.3 Å². The molecule has 1 N–H and O–H groups in total. The molecule has 206 valence electrons. The Balaban J connectivity index is 1.78. The van der Waals surface area contributed by atoms with Crippen molar-refractivity contribution < 1.29 is 33.7 Å². The maximum absolute atomic E-state index is 13.6. The van der Waals surface area contributed by atoms with Gasteiger partial charge in [0, 0.05) is 6.20 Å². The number of carbonyl (C=O) groups excluding carboxylic acids is 3. The zero-order valence-corrected chi connectivity index (χ0v) is 23.5. The summed E-state index contributed by atoms with van der Waals surface area (Å²) in [5.41, 5.74) is 2.85. The van der Waals surface area contributed by atoms with Crippen molar-refractivity contribution in [3.05, 3.63) is 75.2 Å². The van der Waals surface area contributed by atoms with Crippen LogP contribution < -0.4 is 14.4 Å². The number of Topliss-reactive ketones (excluding diaryl/α,β-unsaturated/α-hetero) is 1. The number of carbonyl (C=O) groups is 3. The molecule has 0 aliphatic carbocycles. The van der Waals surface area contributed by atoms with Gasteiger partial charge in [0.1, 0.15) is 16.2 Å². The van der Waals surface area contributed by atoms with Crippen LogP contribution in [0.1, 0.15) is 43.9 Å². The van der Waals surface area contributed by atoms with Gasteiger partial charge in [-0.05, 0) is 50.1 Å². The number of rotatable bonds is 6. The molecule has 12 heteroatoms. The number of ketones is 1. The molecule has 1 fully saturated rings. The normalized spacial score (nSPS) is 16.6. The van der Waals surface area contributed by atoms with Gasteiger partial charge < -0.3 is 23.7 Å². The van der Waals surface area contributed by atoms with E-state index in [1.54, 1.807) is 42.6 Å². The molecule has 4 aromatic rings. The molecule has 1 amide bonds. The molecule has 40 heavy (non-hydrogen) atoms. The number of nitrogens with zero attached hydrogens (tertiary/aromatic N) is 4. The monoisotopic (exact) mass is 562 g/mol. The molecule has 1 unspecified atom stereocenters. The number of ether oxygens (including phenoxy) is 3. The van der Waals surface area contributed by atoms with E-state index in [1.807, 2.05) is 19.1 Å². The SMILES string of the molecule is COC(=O)c1sc(N2C(=O)C(=O)C(=C(O)c3nc4c(C)cccn4c3C)C2c2ccc(OC)c(OC)c2)nc1C. The summed E-state index contributed by atoms with van der Waals surface area (Å²) in [7, 11) is 4.20. The number of benzene rings is 1. The highest BCUT2D eigenvalue weighted by atomic mass is 32.1. The summed E-state index contributed by atoms with van der Waals surface area (Å²) >= 11 is 0.917. The van der Waals surface area contributed by atoms with Gasteiger partial charge in [-0.25, -0.2) is 14.8 Å². The number of anilines is 1. The fourth-order valence-electron chi connectivity index (χ4n) is 4.81. The van der Waals surface area contributed by atoms with Crippen LogP contribution in [0.5, 0.6) is 11.5 Å². The quantitative estimate of drug-likeness (QED) is 0.159. The summed E-state index contributed by atoms with van der Waals surface area (Å²) in [5, 5.41) is 11.7. The van der Waals surface area contributed by atoms with E-state index in [4.69, 9.17) is 14.2 Å². The van der Waals surface area contributed by atoms with E-state index in [0.29, 0.717) is 34.1 Å². The average molecular weight is 563 g/mol. The Bertz CT molecular complexity index is 1740. The van der Waals surface area contributed by atoms with Crippen molar-refractivity contribution in [2.24, 2.45) is 0 Å². The smallest absolute Gasteiger partial charge is 0.350 e. The van der Waals surface area contributed by atoms with Crippen molar-refractivity contribution in [1.82, 2.24) is 14.4 Å². The van der Waals surface area contributed by atoms with Crippen LogP contribution >= 0.6 is 11.3 Å². The number of thiazole rings is 1. The molecule has 4 heterocycles. The first-order valence-electron chi connectivity index (χ1n) is 12.2. The Morgan fingerprint density at radius 3 is 2.40 bits per heavy atom. The number of esters is 1. The predicted octanol–water partition coefficient (Wildman–Crippen LogP) is 4.15. The molecule has 0 spiro atoms. The number of amides is 1. The van der Waals surface area contributed by atoms with E-state index in [-0.39, 0.29) is 21.3 Å². The number of aliphatic hydroxyl groups is 1. The highest BCUT2D eigenvalue weighted by Crippen LogP contribution is 2.45. The zero-order chi connectivity index (χ0) is 28.9. The zero-order valence-electron chi connectivity index (χ0n) is 22.6. The Labute approximate surface area is 233 Å². The van der Waals surface area contributed by atoms with Crippen LogP contribution in [0.2, 0.25) is 0 Å². The van der Waals surface area contributed by atoms with Crippen molar-refractivity contribution in [2.75, 3.05) is 26.2 Å². The van der Waals surface area contributed by atoms with Crippen LogP contribution in [0.25, 0.3) is 11.4 Å². The van der Waals surface area contributed by atoms with E-state index in [2.05, 4.69) is 9.97 Å². The van der Waals surface area contributed by atoms with Crippen LogP contribution in [-0.4, -0.2) is 58.5 Å². The van der Waals surface area contributed by atoms with Gasteiger partial charge in [0.15, 0.2) is 22.4 Å². The first-order valence-corrected chi connectivity index (χ1v) is 13.0. The summed E-state index contributed by atoms with van der Waals surface area (Å²) in [6, 6.07) is 7.56. The summed E-state index contributed by atoms with van der Waals surface area (Å²) in [4.78, 5) is 49.9. The van der Waals surface area contributed by atoms with E-state index in [1.165, 1.54) is 26.2 Å². The third kappa shape index (κ3) is 4.08. The van der Waals surface area contributed by atoms with Crippen molar-refractivity contribution in [2.45, 2.75) is 26.8 Å². The number of hydrogen-bond acceptors (Lipinski definition) is 10. The standard InChI is InChI=1S/C28H26N4O7S/c1-13-8-7-11-31-15(3)20(30-25(13)31)22(33)19-21(16-9-10-17(37-4)18(12-16)38-5)32(26(35)23(19)34)28-29-14(2)24(40-28)27(36)39-6/h7-12,21,33H,1-6H3. The van der Waals surface area contributed by atoms with Crippen LogP contribution in [0, 0.1) is 20.8 Å². The van der Waals surface area contributed by atoms with Crippen LogP contribution in [0.15, 0.2) is 42.1 Å². The largest absolute Gasteiger partial charge is 0.505 e. The molecule has 0 saturated carbocycles. The number of pyridine rings is 1. The van der Waals surface area contributed by atoms with Gasteiger partial charge in [-0.3, -0.25) is 14.5 Å². The fraction of sp³-hybridized carbons (Fsp3) is 0.250. The Hall–Kier alpha value is -4.71. The number of hydrogen-bond donors (Lipinski definition) is 1. The molecular formula is C28H26N4O7S. The third-order valence-electron chi connectivity index (χ3n) is 6.84. The summed E-state index contributed by atoms with van der Waals surface area (Å²) in [6.07, 6.45) is 1.80. The first-order chi connectivity index (χ1) is 19.1. The minimum Gasteiger partial charge on any atom is -0.505 e. The molecule has 1 aliphatic heterocycles. The van der Waals surface area contributed by atoms with Gasteiger partial charge in [-0.2, -0.15) is 0 Å². The number of methoxy groups -OCH3 is 3. The van der Waals surface area contributed by atoms with Gasteiger partial charge in [0.2, 0.25) is 0 Å². The second kappa shape index (κ2) is 10.1. The number of imidazole rings is 1. The van der Waals surface area contributed by atoms with E-state index >= 15 is 0 Å². The molecule has 0 bridgehead atoms. The van der Waals surface area contributed by atoms with Crippen LogP contribution in [-0.2, 0) is 14.3 Å². The topological polar surface area (TPSA) is 133 Å². The summed E-state index contributed by atoms with van der Waals surface area (Å²) < 4.78 is 17.5. The number of aromatic nitrogens is 3. The molecule has 3 aromatic heterocycles. The second-order valence-corrected chi connectivity index (χ2v) is 10.1. The maximum atomic E-state index is 13.6. The van der Waals surface area contributed by atoms with Gasteiger partial charge in [-0.15, -0.1) is 0 Å². The average Bonchev–Trinajstić information content (AvgIpc) is 3.59. The van der Waals surface area contributed by atoms with Gasteiger partial charge >= 0.3 is 11.9 Å². The lowest BCUT2D eigenvalue weighted by Gasteiger charge is -2.23. The third-order valence-corrected chi connectivity index (χ3v) is 7.98. The molecule has 1 aliphatic rings. The van der Waals surface area contributed by atoms with Crippen molar-refractivity contribution >= 4 is 45.5 Å². The minimum absolute atomic E-state index is 0.0985. The Morgan fingerprint density at radius 2 is 1.75 bits per heavy atom. The highest BCUT2D eigenvalue weighted by Gasteiger charge is 2.49. The number of aryl methyl sites for hydroxylation is 3. The lowest BCUT2D eigenvalue weighted by atomic mass is 9.96. The van der Waals surface area contributed by atoms with Crippen LogP contribution in [0.3, 0.4) is 0 Å². The Kier molecular flexibility index (Phi) is 6.80. The van der Waals surface area contributed by atoms with Crippen molar-refractivity contribution in [3.63, 3.8) is 0 Å². The summed E-state index contributed by atoms with van der Waals surface area (Å²) in [5.74, 6) is -2.08. The maximum Gasteiger partial charge on any atom is 0.350 e. The first kappa shape index (κ1) is 26.9. The molecule has 5 rings (SSSR count). The summed E-state index contributed by atoms with van der Waals surface area (Å²) in [6.45, 7) is 5.26. The second-order valence-electron chi connectivity index (χ2n) is 9.12. The molecule has 11 nitrogen and oxygen atoms in total. The van der Waals surface area contributed by atoms with E-state index in [9.17, 15) is 19.5 Å². The molecule has 1 aromatic carbocycles. The molecule has 0 radical (unpaired) electrons. The van der Waals surface area contributed by atoms with Gasteiger partial charge in [-0.1, -0.05) is 23.5 Å². The number of aliphatic hydroxyl groups excluding tert-OH is 1. The molecule has 1 saturated heterocycles. The lowest BCUT2D eigenvalue weighted by Crippen LogP contribution is -2.29. The molecular weight excluding hydrogens is 536 g/mol. The molecule has 1 atom stereocenters.